The predicted molar refractivity (Wildman–Crippen MR) is 85.9 cm³/mol. The zero-order valence-corrected chi connectivity index (χ0v) is 12.6. The van der Waals surface area contributed by atoms with Crippen LogP contribution in [0.1, 0.15) is 22.8 Å². The smallest absolute Gasteiger partial charge is 0.261 e. The first-order valence-corrected chi connectivity index (χ1v) is 6.90. The molecule has 0 aliphatic heterocycles. The van der Waals surface area contributed by atoms with E-state index in [4.69, 9.17) is 10.5 Å². The van der Waals surface area contributed by atoms with Crippen LogP contribution in [-0.2, 0) is 0 Å². The number of amides is 1. The van der Waals surface area contributed by atoms with Crippen molar-refractivity contribution in [2.24, 2.45) is 0 Å². The van der Waals surface area contributed by atoms with Gasteiger partial charge < -0.3 is 15.4 Å². The molecule has 0 bridgehead atoms. The van der Waals surface area contributed by atoms with Crippen molar-refractivity contribution in [2.75, 3.05) is 24.3 Å². The van der Waals surface area contributed by atoms with Crippen LogP contribution < -0.4 is 15.4 Å². The number of hydrogen-bond acceptors (Lipinski definition) is 3. The SMILES string of the molecule is CCOc1c(N)cccc1C(=O)N(C)c1ccc(C)cc1. The monoisotopic (exact) mass is 284 g/mol. The lowest BCUT2D eigenvalue weighted by molar-refractivity contribution is 0.0989. The van der Waals surface area contributed by atoms with Crippen LogP contribution in [0.5, 0.6) is 5.75 Å². The van der Waals surface area contributed by atoms with Crippen molar-refractivity contribution < 1.29 is 9.53 Å². The molecule has 4 nitrogen and oxygen atoms in total. The maximum absolute atomic E-state index is 12.7. The van der Waals surface area contributed by atoms with E-state index < -0.39 is 0 Å². The largest absolute Gasteiger partial charge is 0.491 e. The number of para-hydroxylation sites is 1. The average Bonchev–Trinajstić information content (AvgIpc) is 2.49. The number of ether oxygens (including phenoxy) is 1. The van der Waals surface area contributed by atoms with Crippen molar-refractivity contribution in [2.45, 2.75) is 13.8 Å². The molecule has 0 unspecified atom stereocenters. The topological polar surface area (TPSA) is 55.6 Å². The van der Waals surface area contributed by atoms with Gasteiger partial charge in [-0.2, -0.15) is 0 Å². The molecule has 0 aliphatic rings. The molecule has 0 heterocycles. The molecule has 0 saturated carbocycles. The lowest BCUT2D eigenvalue weighted by atomic mass is 10.1. The molecule has 1 amide bonds. The molecule has 0 fully saturated rings. The molecule has 0 spiro atoms. The highest BCUT2D eigenvalue weighted by molar-refractivity contribution is 6.08. The molecule has 4 heteroatoms. The summed E-state index contributed by atoms with van der Waals surface area (Å²) in [4.78, 5) is 14.3. The van der Waals surface area contributed by atoms with Crippen molar-refractivity contribution in [3.63, 3.8) is 0 Å². The fourth-order valence-electron chi connectivity index (χ4n) is 2.10. The van der Waals surface area contributed by atoms with Crippen molar-refractivity contribution >= 4 is 17.3 Å². The van der Waals surface area contributed by atoms with Gasteiger partial charge in [0.25, 0.3) is 5.91 Å². The van der Waals surface area contributed by atoms with Gasteiger partial charge in [-0.05, 0) is 38.1 Å². The first kappa shape index (κ1) is 14.9. The Morgan fingerprint density at radius 2 is 1.86 bits per heavy atom. The van der Waals surface area contributed by atoms with Crippen LogP contribution in [0.2, 0.25) is 0 Å². The second kappa shape index (κ2) is 6.31. The van der Waals surface area contributed by atoms with Crippen LogP contribution >= 0.6 is 0 Å². The van der Waals surface area contributed by atoms with Gasteiger partial charge in [0, 0.05) is 12.7 Å². The summed E-state index contributed by atoms with van der Waals surface area (Å²) in [5.74, 6) is 0.304. The molecule has 0 aromatic heterocycles. The van der Waals surface area contributed by atoms with E-state index in [0.29, 0.717) is 23.6 Å². The normalized spacial score (nSPS) is 10.2. The number of benzene rings is 2. The molecule has 2 aromatic rings. The van der Waals surface area contributed by atoms with Gasteiger partial charge in [0.2, 0.25) is 0 Å². The summed E-state index contributed by atoms with van der Waals surface area (Å²) in [6, 6.07) is 13.0. The van der Waals surface area contributed by atoms with Gasteiger partial charge in [0.05, 0.1) is 17.9 Å². The Bertz CT molecular complexity index is 636. The minimum absolute atomic E-state index is 0.144. The Morgan fingerprint density at radius 1 is 1.19 bits per heavy atom. The van der Waals surface area contributed by atoms with Gasteiger partial charge in [-0.1, -0.05) is 23.8 Å². The zero-order valence-electron chi connectivity index (χ0n) is 12.6. The molecule has 2 rings (SSSR count). The standard InChI is InChI=1S/C17H20N2O2/c1-4-21-16-14(6-5-7-15(16)18)17(20)19(3)13-10-8-12(2)9-11-13/h5-11H,4,18H2,1-3H3. The van der Waals surface area contributed by atoms with E-state index in [-0.39, 0.29) is 5.91 Å². The molecule has 2 N–H and O–H groups in total. The minimum Gasteiger partial charge on any atom is -0.491 e. The van der Waals surface area contributed by atoms with E-state index in [2.05, 4.69) is 0 Å². The van der Waals surface area contributed by atoms with Crippen molar-refractivity contribution in [1.29, 1.82) is 0 Å². The molecule has 2 aromatic carbocycles. The second-order valence-electron chi connectivity index (χ2n) is 4.86. The van der Waals surface area contributed by atoms with Crippen LogP contribution in [0.25, 0.3) is 0 Å². The van der Waals surface area contributed by atoms with Gasteiger partial charge in [-0.25, -0.2) is 0 Å². The third kappa shape index (κ3) is 3.16. The summed E-state index contributed by atoms with van der Waals surface area (Å²) in [6.45, 7) is 4.34. The molecule has 0 atom stereocenters. The number of nitrogens with zero attached hydrogens (tertiary/aromatic N) is 1. The lowest BCUT2D eigenvalue weighted by Crippen LogP contribution is -2.27. The highest BCUT2D eigenvalue weighted by atomic mass is 16.5. The summed E-state index contributed by atoms with van der Waals surface area (Å²) in [6.07, 6.45) is 0. The molecule has 0 radical (unpaired) electrons. The average molecular weight is 284 g/mol. The summed E-state index contributed by atoms with van der Waals surface area (Å²) in [7, 11) is 1.74. The number of aryl methyl sites for hydroxylation is 1. The zero-order chi connectivity index (χ0) is 15.4. The fraction of sp³-hybridized carbons (Fsp3) is 0.235. The predicted octanol–water partition coefficient (Wildman–Crippen LogP) is 3.25. The maximum Gasteiger partial charge on any atom is 0.261 e. The number of nitrogen functional groups attached to an aromatic ring is 1. The van der Waals surface area contributed by atoms with Gasteiger partial charge in [-0.3, -0.25) is 4.79 Å². The molecule has 0 saturated heterocycles. The van der Waals surface area contributed by atoms with E-state index >= 15 is 0 Å². The third-order valence-corrected chi connectivity index (χ3v) is 3.29. The minimum atomic E-state index is -0.144. The van der Waals surface area contributed by atoms with Crippen LogP contribution in [0.4, 0.5) is 11.4 Å². The van der Waals surface area contributed by atoms with Crippen molar-refractivity contribution in [1.82, 2.24) is 0 Å². The summed E-state index contributed by atoms with van der Waals surface area (Å²) < 4.78 is 5.52. The highest BCUT2D eigenvalue weighted by Gasteiger charge is 2.19. The number of rotatable bonds is 4. The van der Waals surface area contributed by atoms with Crippen molar-refractivity contribution in [3.05, 3.63) is 53.6 Å². The summed E-state index contributed by atoms with van der Waals surface area (Å²) >= 11 is 0. The molecule has 0 aliphatic carbocycles. The number of nitrogens with two attached hydrogens (primary N) is 1. The summed E-state index contributed by atoms with van der Waals surface area (Å²) in [5.41, 5.74) is 8.83. The second-order valence-corrected chi connectivity index (χ2v) is 4.86. The Labute approximate surface area is 125 Å². The van der Waals surface area contributed by atoms with Gasteiger partial charge >= 0.3 is 0 Å². The number of anilines is 2. The van der Waals surface area contributed by atoms with E-state index in [0.717, 1.165) is 11.3 Å². The Morgan fingerprint density at radius 3 is 2.48 bits per heavy atom. The van der Waals surface area contributed by atoms with E-state index in [9.17, 15) is 4.79 Å². The molecular formula is C17H20N2O2. The Balaban J connectivity index is 2.35. The first-order chi connectivity index (χ1) is 10.0. The molecular weight excluding hydrogens is 264 g/mol. The van der Waals surface area contributed by atoms with Gasteiger partial charge in [0.15, 0.2) is 5.75 Å². The Hall–Kier alpha value is -2.49. The van der Waals surface area contributed by atoms with Gasteiger partial charge in [0.1, 0.15) is 0 Å². The first-order valence-electron chi connectivity index (χ1n) is 6.90. The number of hydrogen-bond donors (Lipinski definition) is 1. The van der Waals surface area contributed by atoms with Crippen molar-refractivity contribution in [3.8, 4) is 5.75 Å². The lowest BCUT2D eigenvalue weighted by Gasteiger charge is -2.20. The van der Waals surface area contributed by atoms with Crippen LogP contribution in [-0.4, -0.2) is 19.6 Å². The third-order valence-electron chi connectivity index (χ3n) is 3.29. The summed E-state index contributed by atoms with van der Waals surface area (Å²) in [5, 5.41) is 0. The van der Waals surface area contributed by atoms with Crippen LogP contribution in [0.15, 0.2) is 42.5 Å². The quantitative estimate of drug-likeness (QED) is 0.877. The molecule has 110 valence electrons. The van der Waals surface area contributed by atoms with E-state index in [1.165, 1.54) is 0 Å². The molecule has 21 heavy (non-hydrogen) atoms. The van der Waals surface area contributed by atoms with E-state index in [1.54, 1.807) is 30.1 Å². The Kier molecular flexibility index (Phi) is 4.48. The number of carbonyl (C=O) groups excluding carboxylic acids is 1. The van der Waals surface area contributed by atoms with Gasteiger partial charge in [-0.15, -0.1) is 0 Å². The highest BCUT2D eigenvalue weighted by Crippen LogP contribution is 2.28. The number of carbonyl (C=O) groups is 1. The van der Waals surface area contributed by atoms with E-state index in [1.807, 2.05) is 38.1 Å². The van der Waals surface area contributed by atoms with Crippen LogP contribution in [0, 0.1) is 6.92 Å². The maximum atomic E-state index is 12.7. The van der Waals surface area contributed by atoms with Crippen LogP contribution in [0.3, 0.4) is 0 Å². The fourth-order valence-corrected chi connectivity index (χ4v) is 2.10.